The fraction of sp³-hybridized carbons (Fsp3) is 0.421. The van der Waals surface area contributed by atoms with Gasteiger partial charge in [-0.25, -0.2) is 4.39 Å². The molecule has 2 heterocycles. The van der Waals surface area contributed by atoms with Crippen LogP contribution < -0.4 is 0 Å². The number of carbonyl (C=O) groups is 1. The molecule has 2 aromatic rings. The van der Waals surface area contributed by atoms with Gasteiger partial charge in [0.15, 0.2) is 0 Å². The smallest absolute Gasteiger partial charge is 0.240 e. The average molecular weight is 329 g/mol. The predicted molar refractivity (Wildman–Crippen MR) is 91.7 cm³/mol. The number of piperidine rings is 1. The largest absolute Gasteiger partial charge is 0.364 e. The van der Waals surface area contributed by atoms with Crippen LogP contribution in [0.2, 0.25) is 0 Å². The highest BCUT2D eigenvalue weighted by Crippen LogP contribution is 2.22. The van der Waals surface area contributed by atoms with Crippen molar-refractivity contribution in [2.24, 2.45) is 0 Å². The van der Waals surface area contributed by atoms with Gasteiger partial charge < -0.3 is 9.88 Å². The fourth-order valence-electron chi connectivity index (χ4n) is 3.34. The Hall–Kier alpha value is -2.14. The minimum absolute atomic E-state index is 0.0937. The number of H-pyrrole nitrogens is 1. The molecular weight excluding hydrogens is 305 g/mol. The molecule has 0 bridgehead atoms. The number of rotatable bonds is 5. The van der Waals surface area contributed by atoms with E-state index in [9.17, 15) is 9.18 Å². The molecule has 1 aromatic carbocycles. The van der Waals surface area contributed by atoms with Gasteiger partial charge in [-0.3, -0.25) is 9.69 Å². The van der Waals surface area contributed by atoms with Crippen molar-refractivity contribution in [3.05, 3.63) is 59.7 Å². The van der Waals surface area contributed by atoms with Gasteiger partial charge in [0.05, 0.1) is 12.6 Å². The number of aromatic nitrogens is 1. The average Bonchev–Trinajstić information content (AvgIpc) is 3.10. The van der Waals surface area contributed by atoms with Crippen LogP contribution in [0.3, 0.4) is 0 Å². The molecular formula is C19H24FN3O. The lowest BCUT2D eigenvalue weighted by molar-refractivity contribution is -0.137. The van der Waals surface area contributed by atoms with Gasteiger partial charge in [-0.05, 0) is 49.2 Å². The number of carbonyl (C=O) groups excluding carboxylic acids is 1. The fourth-order valence-corrected chi connectivity index (χ4v) is 3.34. The maximum absolute atomic E-state index is 13.1. The lowest BCUT2D eigenvalue weighted by atomic mass is 10.00. The van der Waals surface area contributed by atoms with Crippen LogP contribution in [0.15, 0.2) is 42.6 Å². The molecule has 0 saturated carbocycles. The first-order valence-corrected chi connectivity index (χ1v) is 8.49. The molecule has 0 spiro atoms. The van der Waals surface area contributed by atoms with Gasteiger partial charge >= 0.3 is 0 Å². The first kappa shape index (κ1) is 16.7. The number of amides is 1. The Bertz CT molecular complexity index is 654. The van der Waals surface area contributed by atoms with Gasteiger partial charge in [0.1, 0.15) is 5.82 Å². The third-order valence-electron chi connectivity index (χ3n) is 4.64. The third kappa shape index (κ3) is 4.03. The summed E-state index contributed by atoms with van der Waals surface area (Å²) >= 11 is 0. The highest BCUT2D eigenvalue weighted by atomic mass is 19.1. The van der Waals surface area contributed by atoms with Gasteiger partial charge in [0, 0.05) is 25.5 Å². The highest BCUT2D eigenvalue weighted by Gasteiger charge is 2.30. The molecule has 4 nitrogen and oxygen atoms in total. The maximum atomic E-state index is 13.1. The first-order valence-electron chi connectivity index (χ1n) is 8.49. The zero-order chi connectivity index (χ0) is 16.9. The third-order valence-corrected chi connectivity index (χ3v) is 4.64. The molecule has 1 aliphatic heterocycles. The molecule has 24 heavy (non-hydrogen) atoms. The van der Waals surface area contributed by atoms with E-state index >= 15 is 0 Å². The number of nitrogens with zero attached hydrogens (tertiary/aromatic N) is 2. The van der Waals surface area contributed by atoms with Crippen molar-refractivity contribution < 1.29 is 9.18 Å². The molecule has 1 aromatic heterocycles. The molecule has 1 amide bonds. The zero-order valence-corrected chi connectivity index (χ0v) is 14.0. The van der Waals surface area contributed by atoms with Gasteiger partial charge in [-0.15, -0.1) is 0 Å². The van der Waals surface area contributed by atoms with Crippen LogP contribution in [-0.2, 0) is 17.9 Å². The second-order valence-electron chi connectivity index (χ2n) is 6.50. The van der Waals surface area contributed by atoms with E-state index in [1.54, 1.807) is 17.0 Å². The summed E-state index contributed by atoms with van der Waals surface area (Å²) in [5.41, 5.74) is 2.08. The molecule has 1 atom stereocenters. The van der Waals surface area contributed by atoms with Crippen LogP contribution in [0.1, 0.15) is 30.5 Å². The quantitative estimate of drug-likeness (QED) is 0.915. The summed E-state index contributed by atoms with van der Waals surface area (Å²) in [6.45, 7) is 2.18. The minimum Gasteiger partial charge on any atom is -0.364 e. The number of halogens is 1. The van der Waals surface area contributed by atoms with Crippen LogP contribution in [0.4, 0.5) is 4.39 Å². The van der Waals surface area contributed by atoms with E-state index in [4.69, 9.17) is 0 Å². The van der Waals surface area contributed by atoms with Gasteiger partial charge in [0.25, 0.3) is 0 Å². The van der Waals surface area contributed by atoms with Crippen molar-refractivity contribution in [1.29, 1.82) is 0 Å². The summed E-state index contributed by atoms with van der Waals surface area (Å²) < 4.78 is 13.1. The first-order chi connectivity index (χ1) is 11.6. The Morgan fingerprint density at radius 3 is 2.79 bits per heavy atom. The summed E-state index contributed by atoms with van der Waals surface area (Å²) in [5, 5.41) is 0. The number of likely N-dealkylation sites (N-methyl/N-ethyl adjacent to an activating group) is 1. The van der Waals surface area contributed by atoms with Gasteiger partial charge in [0.2, 0.25) is 5.91 Å². The molecule has 5 heteroatoms. The maximum Gasteiger partial charge on any atom is 0.240 e. The van der Waals surface area contributed by atoms with Crippen molar-refractivity contribution in [3.63, 3.8) is 0 Å². The summed E-state index contributed by atoms with van der Waals surface area (Å²) in [6.07, 6.45) is 4.93. The zero-order valence-electron chi connectivity index (χ0n) is 14.0. The van der Waals surface area contributed by atoms with Crippen LogP contribution in [-0.4, -0.2) is 40.3 Å². The van der Waals surface area contributed by atoms with E-state index in [0.717, 1.165) is 37.1 Å². The van der Waals surface area contributed by atoms with Crippen LogP contribution in [0, 0.1) is 5.82 Å². The number of aromatic amines is 1. The van der Waals surface area contributed by atoms with Gasteiger partial charge in [-0.2, -0.15) is 0 Å². The summed E-state index contributed by atoms with van der Waals surface area (Å²) in [7, 11) is 1.86. The minimum atomic E-state index is -0.226. The SMILES string of the molecule is CN(Cc1ccc[nH]1)C(=O)C1CCCCN1Cc1ccc(F)cc1. The normalized spacial score (nSPS) is 18.5. The van der Waals surface area contributed by atoms with E-state index in [1.165, 1.54) is 12.1 Å². The molecule has 1 aliphatic rings. The second kappa shape index (κ2) is 7.62. The molecule has 128 valence electrons. The van der Waals surface area contributed by atoms with E-state index < -0.39 is 0 Å². The molecule has 1 N–H and O–H groups in total. The number of hydrogen-bond acceptors (Lipinski definition) is 2. The van der Waals surface area contributed by atoms with Gasteiger partial charge in [-0.1, -0.05) is 18.6 Å². The Balaban J connectivity index is 1.66. The topological polar surface area (TPSA) is 39.3 Å². The lowest BCUT2D eigenvalue weighted by Gasteiger charge is -2.36. The number of benzene rings is 1. The number of likely N-dealkylation sites (tertiary alicyclic amines) is 1. The van der Waals surface area contributed by atoms with Crippen molar-refractivity contribution in [1.82, 2.24) is 14.8 Å². The van der Waals surface area contributed by atoms with Crippen molar-refractivity contribution >= 4 is 5.91 Å². The summed E-state index contributed by atoms with van der Waals surface area (Å²) in [4.78, 5) is 20.0. The van der Waals surface area contributed by atoms with Crippen LogP contribution in [0.25, 0.3) is 0 Å². The molecule has 1 unspecified atom stereocenters. The molecule has 1 fully saturated rings. The molecule has 1 saturated heterocycles. The van der Waals surface area contributed by atoms with Crippen LogP contribution >= 0.6 is 0 Å². The van der Waals surface area contributed by atoms with Crippen molar-refractivity contribution in [3.8, 4) is 0 Å². The molecule has 3 rings (SSSR count). The number of hydrogen-bond donors (Lipinski definition) is 1. The Labute approximate surface area is 142 Å². The van der Waals surface area contributed by atoms with E-state index in [0.29, 0.717) is 13.1 Å². The number of nitrogens with one attached hydrogen (secondary N) is 1. The van der Waals surface area contributed by atoms with E-state index in [1.807, 2.05) is 25.4 Å². The van der Waals surface area contributed by atoms with Crippen molar-refractivity contribution in [2.75, 3.05) is 13.6 Å². The van der Waals surface area contributed by atoms with Crippen LogP contribution in [0.5, 0.6) is 0 Å². The van der Waals surface area contributed by atoms with E-state index in [2.05, 4.69) is 9.88 Å². The predicted octanol–water partition coefficient (Wildman–Crippen LogP) is 3.17. The Morgan fingerprint density at radius 1 is 1.29 bits per heavy atom. The molecule has 0 radical (unpaired) electrons. The van der Waals surface area contributed by atoms with E-state index in [-0.39, 0.29) is 17.8 Å². The summed E-state index contributed by atoms with van der Waals surface area (Å²) in [6, 6.07) is 10.4. The van der Waals surface area contributed by atoms with Crippen molar-refractivity contribution in [2.45, 2.75) is 38.4 Å². The monoisotopic (exact) mass is 329 g/mol. The molecule has 0 aliphatic carbocycles. The Kier molecular flexibility index (Phi) is 5.30. The summed E-state index contributed by atoms with van der Waals surface area (Å²) in [5.74, 6) is -0.0675. The second-order valence-corrected chi connectivity index (χ2v) is 6.50. The lowest BCUT2D eigenvalue weighted by Crippen LogP contribution is -2.49. The Morgan fingerprint density at radius 2 is 2.08 bits per heavy atom. The highest BCUT2D eigenvalue weighted by molar-refractivity contribution is 5.81. The standard InChI is InChI=1S/C19H24FN3O/c1-22(14-17-5-4-11-21-17)19(24)18-6-2-3-12-23(18)13-15-7-9-16(20)10-8-15/h4-5,7-11,18,21H,2-3,6,12-14H2,1H3.